The van der Waals surface area contributed by atoms with Crippen molar-refractivity contribution < 1.29 is 14.0 Å². The predicted octanol–water partition coefficient (Wildman–Crippen LogP) is 5.05. The van der Waals surface area contributed by atoms with Crippen LogP contribution in [0.4, 0.5) is 4.79 Å². The number of aromatic nitrogens is 2. The molecule has 0 aliphatic carbocycles. The summed E-state index contributed by atoms with van der Waals surface area (Å²) in [4.78, 5) is 21.7. The van der Waals surface area contributed by atoms with Crippen molar-refractivity contribution in [2.75, 3.05) is 12.9 Å². The van der Waals surface area contributed by atoms with Crippen LogP contribution in [0.15, 0.2) is 30.2 Å². The molecule has 6 nitrogen and oxygen atoms in total. The minimum absolute atomic E-state index is 0.0259. The fourth-order valence-corrected chi connectivity index (χ4v) is 6.58. The van der Waals surface area contributed by atoms with Gasteiger partial charge in [0.2, 0.25) is 0 Å². The molecular formula is C21H33N3O3S2Si. The average Bonchev–Trinajstić information content (AvgIpc) is 3.31. The lowest BCUT2D eigenvalue weighted by Crippen LogP contribution is -2.47. The molecule has 30 heavy (non-hydrogen) atoms. The van der Waals surface area contributed by atoms with Gasteiger partial charge in [-0.05, 0) is 31.2 Å². The Morgan fingerprint density at radius 2 is 2.20 bits per heavy atom. The topological polar surface area (TPSA) is 56.1 Å². The summed E-state index contributed by atoms with van der Waals surface area (Å²) in [5, 5.41) is 0.987. The molecule has 1 amide bonds. The van der Waals surface area contributed by atoms with Gasteiger partial charge in [0.25, 0.3) is 0 Å². The molecule has 1 fully saturated rings. The van der Waals surface area contributed by atoms with E-state index in [1.54, 1.807) is 29.2 Å². The highest BCUT2D eigenvalue weighted by atomic mass is 32.2. The number of nitrogens with zero attached hydrogens (tertiary/aromatic N) is 3. The van der Waals surface area contributed by atoms with E-state index in [4.69, 9.17) is 9.16 Å². The highest BCUT2D eigenvalue weighted by molar-refractivity contribution is 7.98. The van der Waals surface area contributed by atoms with Crippen molar-refractivity contribution in [2.45, 2.75) is 64.1 Å². The number of likely N-dealkylation sites (tertiary alicyclic amines) is 1. The van der Waals surface area contributed by atoms with Gasteiger partial charge in [0.05, 0.1) is 6.20 Å². The Labute approximate surface area is 189 Å². The monoisotopic (exact) mass is 467 g/mol. The average molecular weight is 468 g/mol. The third kappa shape index (κ3) is 4.95. The van der Waals surface area contributed by atoms with E-state index in [0.29, 0.717) is 0 Å². The molecule has 0 saturated carbocycles. The number of carbonyl (C=O) groups excluding carboxylic acids is 1. The second-order valence-corrected chi connectivity index (χ2v) is 13.4. The molecule has 1 aliphatic heterocycles. The maximum absolute atomic E-state index is 13.1. The Morgan fingerprint density at radius 3 is 2.80 bits per heavy atom. The number of amides is 1. The van der Waals surface area contributed by atoms with Crippen LogP contribution in [0, 0.1) is 11.3 Å². The molecule has 0 aromatic carbocycles. The first-order valence-corrected chi connectivity index (χ1v) is 15.2. The highest BCUT2D eigenvalue weighted by Crippen LogP contribution is 2.44. The maximum atomic E-state index is 13.1. The molecule has 3 heterocycles. The lowest BCUT2D eigenvalue weighted by molar-refractivity contribution is -0.0130. The molecule has 1 aliphatic rings. The lowest BCUT2D eigenvalue weighted by Gasteiger charge is -2.36. The summed E-state index contributed by atoms with van der Waals surface area (Å²) in [6.45, 7) is 14.9. The van der Waals surface area contributed by atoms with Crippen LogP contribution in [-0.4, -0.2) is 54.6 Å². The van der Waals surface area contributed by atoms with E-state index in [0.717, 1.165) is 22.8 Å². The zero-order valence-electron chi connectivity index (χ0n) is 18.8. The molecular weight excluding hydrogens is 434 g/mol. The van der Waals surface area contributed by atoms with Crippen LogP contribution >= 0.6 is 23.1 Å². The number of hydrogen-bond acceptors (Lipinski definition) is 6. The van der Waals surface area contributed by atoms with Crippen molar-refractivity contribution in [1.82, 2.24) is 14.3 Å². The predicted molar refractivity (Wildman–Crippen MR) is 127 cm³/mol. The van der Waals surface area contributed by atoms with Crippen LogP contribution in [0.1, 0.15) is 32.1 Å². The Bertz CT molecular complexity index is 890. The molecule has 0 spiro atoms. The molecule has 0 N–H and O–H groups in total. The van der Waals surface area contributed by atoms with Gasteiger partial charge in [-0.15, -0.1) is 11.3 Å². The fraction of sp³-hybridized carbons (Fsp3) is 0.619. The third-order valence-corrected chi connectivity index (χ3v) is 7.99. The first-order valence-electron chi connectivity index (χ1n) is 10.4. The molecule has 3 rings (SSSR count). The van der Waals surface area contributed by atoms with E-state index in [1.807, 2.05) is 17.4 Å². The number of ether oxygens (including phenoxy) is 1. The summed E-state index contributed by atoms with van der Waals surface area (Å²) in [7, 11) is -1.36. The summed E-state index contributed by atoms with van der Waals surface area (Å²) < 4.78 is 14.1. The van der Waals surface area contributed by atoms with Crippen LogP contribution in [-0.2, 0) is 15.6 Å². The number of fused-ring (bicyclic) bond motifs is 1. The van der Waals surface area contributed by atoms with E-state index in [-0.39, 0.29) is 36.3 Å². The van der Waals surface area contributed by atoms with Crippen molar-refractivity contribution in [2.24, 2.45) is 11.3 Å². The van der Waals surface area contributed by atoms with Crippen LogP contribution in [0.5, 0.6) is 0 Å². The molecule has 166 valence electrons. The number of imidazole rings is 1. The van der Waals surface area contributed by atoms with Crippen LogP contribution in [0.2, 0.25) is 13.1 Å². The zero-order valence-corrected chi connectivity index (χ0v) is 21.5. The first-order chi connectivity index (χ1) is 14.2. The number of thioether (sulfide) groups is 1. The largest absolute Gasteiger partial charge is 0.445 e. The van der Waals surface area contributed by atoms with Gasteiger partial charge in [-0.25, -0.2) is 9.78 Å². The van der Waals surface area contributed by atoms with E-state index < -0.39 is 9.04 Å². The van der Waals surface area contributed by atoms with Gasteiger partial charge in [0.1, 0.15) is 17.7 Å². The van der Waals surface area contributed by atoms with E-state index >= 15 is 0 Å². The summed E-state index contributed by atoms with van der Waals surface area (Å²) >= 11 is 3.37. The van der Waals surface area contributed by atoms with Gasteiger partial charge in [0, 0.05) is 29.5 Å². The fourth-order valence-electron chi connectivity index (χ4n) is 4.09. The molecule has 2 aromatic rings. The highest BCUT2D eigenvalue weighted by Gasteiger charge is 2.49. The summed E-state index contributed by atoms with van der Waals surface area (Å²) in [5.41, 5.74) is 0.0259. The van der Waals surface area contributed by atoms with Gasteiger partial charge in [-0.2, -0.15) is 0 Å². The SMILES string of the molecule is C=CCOC(=O)N1C(O[SiH](C)C)[C@@H](C(C)(C)C)C[C@H]1Cc1cn2c(SC)ncc2s1. The Morgan fingerprint density at radius 1 is 1.47 bits per heavy atom. The Kier molecular flexibility index (Phi) is 7.37. The Balaban J connectivity index is 1.92. The molecule has 1 saturated heterocycles. The molecule has 0 bridgehead atoms. The number of hydrogen-bond donors (Lipinski definition) is 0. The van der Waals surface area contributed by atoms with Gasteiger partial charge < -0.3 is 9.16 Å². The minimum atomic E-state index is -1.36. The van der Waals surface area contributed by atoms with Crippen molar-refractivity contribution in [3.63, 3.8) is 0 Å². The number of rotatable bonds is 7. The van der Waals surface area contributed by atoms with Crippen molar-refractivity contribution >= 4 is 43.1 Å². The maximum Gasteiger partial charge on any atom is 0.412 e. The quantitative estimate of drug-likeness (QED) is 0.324. The third-order valence-electron chi connectivity index (χ3n) is 5.45. The molecule has 1 unspecified atom stereocenters. The summed E-state index contributed by atoms with van der Waals surface area (Å²) in [6, 6.07) is 0.0401. The van der Waals surface area contributed by atoms with Crippen molar-refractivity contribution in [3.05, 3.63) is 29.9 Å². The van der Waals surface area contributed by atoms with Crippen LogP contribution in [0.25, 0.3) is 4.83 Å². The van der Waals surface area contributed by atoms with Gasteiger partial charge in [-0.1, -0.05) is 45.2 Å². The second-order valence-electron chi connectivity index (χ2n) is 9.07. The molecule has 2 aromatic heterocycles. The van der Waals surface area contributed by atoms with Crippen molar-refractivity contribution in [1.29, 1.82) is 0 Å². The van der Waals surface area contributed by atoms with E-state index in [1.165, 1.54) is 4.88 Å². The van der Waals surface area contributed by atoms with E-state index in [9.17, 15) is 4.79 Å². The lowest BCUT2D eigenvalue weighted by atomic mass is 9.78. The molecule has 9 heteroatoms. The molecule has 3 atom stereocenters. The summed E-state index contributed by atoms with van der Waals surface area (Å²) in [5.74, 6) is 0.253. The Hall–Kier alpha value is -1.29. The normalized spacial score (nSPS) is 22.2. The van der Waals surface area contributed by atoms with Crippen molar-refractivity contribution in [3.8, 4) is 0 Å². The van der Waals surface area contributed by atoms with Crippen LogP contribution < -0.4 is 0 Å². The minimum Gasteiger partial charge on any atom is -0.445 e. The summed E-state index contributed by atoms with van der Waals surface area (Å²) in [6.07, 6.45) is 8.86. The van der Waals surface area contributed by atoms with Gasteiger partial charge >= 0.3 is 6.09 Å². The zero-order chi connectivity index (χ0) is 22.1. The van der Waals surface area contributed by atoms with E-state index in [2.05, 4.69) is 56.0 Å². The number of thiazole rings is 1. The van der Waals surface area contributed by atoms with Gasteiger partial charge in [0.15, 0.2) is 14.2 Å². The number of carbonyl (C=O) groups is 1. The van der Waals surface area contributed by atoms with Gasteiger partial charge in [-0.3, -0.25) is 9.30 Å². The smallest absolute Gasteiger partial charge is 0.412 e. The van der Waals surface area contributed by atoms with Crippen LogP contribution in [0.3, 0.4) is 0 Å². The standard InChI is InChI=1S/C21H33N3O3S2Si/c1-8-9-26-20(25)24-14(11-16(21(2,3)4)18(24)27-30(6)7)10-15-13-23-17(29-15)12-22-19(23)28-5/h8,12-14,16,18,30H,1,9-11H2,2-7H3/t14-,16+,18?/m1/s1. The second kappa shape index (κ2) is 9.46. The molecule has 0 radical (unpaired) electrons. The first kappa shape index (κ1) is 23.4.